The summed E-state index contributed by atoms with van der Waals surface area (Å²) in [6.07, 6.45) is 1.59. The van der Waals surface area contributed by atoms with Crippen LogP contribution in [-0.4, -0.2) is 29.6 Å². The Bertz CT molecular complexity index is 398. The first kappa shape index (κ1) is 15.9. The summed E-state index contributed by atoms with van der Waals surface area (Å²) < 4.78 is 13.0. The molecule has 1 aromatic heterocycles. The average molecular weight is 270 g/mol. The Morgan fingerprint density at radius 3 is 2.53 bits per heavy atom. The zero-order valence-corrected chi connectivity index (χ0v) is 12.7. The number of nitrogens with zero attached hydrogens (tertiary/aromatic N) is 2. The maximum atomic E-state index is 5.90. The van der Waals surface area contributed by atoms with Crippen LogP contribution < -0.4 is 16.0 Å². The summed E-state index contributed by atoms with van der Waals surface area (Å²) in [6, 6.07) is -0.192. The molecule has 0 bridgehead atoms. The smallest absolute Gasteiger partial charge is 0.161 e. The minimum absolute atomic E-state index is 0.0671. The van der Waals surface area contributed by atoms with Gasteiger partial charge in [-0.05, 0) is 12.3 Å². The molecule has 0 aliphatic heterocycles. The number of methoxy groups -OCH3 is 1. The molecule has 19 heavy (non-hydrogen) atoms. The lowest BCUT2D eigenvalue weighted by molar-refractivity contribution is -0.0387. The Hall–Kier alpha value is -1.11. The fraction of sp³-hybridized carbons (Fsp3) is 0.769. The van der Waals surface area contributed by atoms with Crippen LogP contribution in [0, 0.1) is 5.41 Å². The van der Waals surface area contributed by atoms with Gasteiger partial charge in [-0.2, -0.15) is 5.10 Å². The highest BCUT2D eigenvalue weighted by atomic mass is 16.5. The first-order valence-electron chi connectivity index (χ1n) is 6.50. The molecule has 0 aliphatic rings. The van der Waals surface area contributed by atoms with Gasteiger partial charge in [0.25, 0.3) is 0 Å². The molecule has 0 spiro atoms. The van der Waals surface area contributed by atoms with Gasteiger partial charge >= 0.3 is 0 Å². The van der Waals surface area contributed by atoms with Crippen molar-refractivity contribution < 1.29 is 9.47 Å². The van der Waals surface area contributed by atoms with Crippen LogP contribution in [0.4, 0.5) is 0 Å². The molecule has 6 nitrogen and oxygen atoms in total. The van der Waals surface area contributed by atoms with Crippen LogP contribution in [0.3, 0.4) is 0 Å². The highest BCUT2D eigenvalue weighted by molar-refractivity contribution is 5.29. The van der Waals surface area contributed by atoms with Crippen molar-refractivity contribution in [2.24, 2.45) is 18.3 Å². The maximum absolute atomic E-state index is 5.90. The Morgan fingerprint density at radius 1 is 1.47 bits per heavy atom. The summed E-state index contributed by atoms with van der Waals surface area (Å²) in [7, 11) is 3.49. The fourth-order valence-corrected chi connectivity index (χ4v) is 2.27. The molecule has 6 heteroatoms. The molecule has 2 unspecified atom stereocenters. The van der Waals surface area contributed by atoms with E-state index in [1.54, 1.807) is 18.0 Å². The lowest BCUT2D eigenvalue weighted by atomic mass is 9.83. The van der Waals surface area contributed by atoms with E-state index in [1.165, 1.54) is 0 Å². The van der Waals surface area contributed by atoms with Crippen molar-refractivity contribution in [2.75, 3.05) is 13.7 Å². The lowest BCUT2D eigenvalue weighted by Gasteiger charge is -2.36. The Morgan fingerprint density at radius 2 is 2.11 bits per heavy atom. The van der Waals surface area contributed by atoms with Gasteiger partial charge in [-0.1, -0.05) is 20.8 Å². The largest absolute Gasteiger partial charge is 0.493 e. The van der Waals surface area contributed by atoms with Crippen LogP contribution in [0.1, 0.15) is 39.4 Å². The summed E-state index contributed by atoms with van der Waals surface area (Å²) in [5, 5.41) is 4.22. The predicted molar refractivity (Wildman–Crippen MR) is 74.7 cm³/mol. The fourth-order valence-electron chi connectivity index (χ4n) is 2.27. The number of rotatable bonds is 6. The molecule has 110 valence electrons. The van der Waals surface area contributed by atoms with Crippen LogP contribution in [0.15, 0.2) is 6.20 Å². The second kappa shape index (κ2) is 6.36. The van der Waals surface area contributed by atoms with Crippen LogP contribution in [0.5, 0.6) is 5.75 Å². The number of aryl methyl sites for hydroxylation is 1. The molecule has 1 aromatic rings. The number of aromatic nitrogens is 2. The molecular formula is C13H26N4O2. The van der Waals surface area contributed by atoms with Crippen LogP contribution in [0.2, 0.25) is 0 Å². The van der Waals surface area contributed by atoms with E-state index in [2.05, 4.69) is 31.3 Å². The second-order valence-electron chi connectivity index (χ2n) is 5.61. The molecule has 0 fully saturated rings. The standard InChI is InChI=1S/C13H26N4O2/c1-7-19-12(13(2,3)4)10(16-14)11-9(18-6)8-15-17(11)5/h8,10,12,16H,7,14H2,1-6H3. The van der Waals surface area contributed by atoms with Crippen molar-refractivity contribution in [2.45, 2.75) is 39.8 Å². The SMILES string of the molecule is CCOC(C(NN)c1c(OC)cnn1C)C(C)(C)C. The number of ether oxygens (including phenoxy) is 2. The van der Waals surface area contributed by atoms with E-state index in [0.29, 0.717) is 12.4 Å². The van der Waals surface area contributed by atoms with Crippen LogP contribution in [-0.2, 0) is 11.8 Å². The summed E-state index contributed by atoms with van der Waals surface area (Å²) in [6.45, 7) is 8.98. The van der Waals surface area contributed by atoms with Crippen molar-refractivity contribution in [1.82, 2.24) is 15.2 Å². The van der Waals surface area contributed by atoms with Gasteiger partial charge in [0.05, 0.1) is 25.5 Å². The maximum Gasteiger partial charge on any atom is 0.161 e. The molecule has 2 atom stereocenters. The van der Waals surface area contributed by atoms with E-state index in [0.717, 1.165) is 5.69 Å². The Balaban J connectivity index is 3.19. The summed E-state index contributed by atoms with van der Waals surface area (Å²) in [5.41, 5.74) is 3.67. The Labute approximate surface area is 115 Å². The summed E-state index contributed by atoms with van der Waals surface area (Å²) >= 11 is 0. The molecule has 1 heterocycles. The van der Waals surface area contributed by atoms with Gasteiger partial charge in [-0.15, -0.1) is 0 Å². The quantitative estimate of drug-likeness (QED) is 0.603. The predicted octanol–water partition coefficient (Wildman–Crippen LogP) is 1.38. The third-order valence-corrected chi connectivity index (χ3v) is 3.15. The van der Waals surface area contributed by atoms with Crippen molar-refractivity contribution in [3.8, 4) is 5.75 Å². The highest BCUT2D eigenvalue weighted by Gasteiger charge is 2.36. The molecule has 0 aliphatic carbocycles. The zero-order chi connectivity index (χ0) is 14.6. The average Bonchev–Trinajstić information content (AvgIpc) is 2.70. The lowest BCUT2D eigenvalue weighted by Crippen LogP contribution is -2.45. The molecule has 3 N–H and O–H groups in total. The summed E-state index contributed by atoms with van der Waals surface area (Å²) in [4.78, 5) is 0. The molecule has 1 rings (SSSR count). The highest BCUT2D eigenvalue weighted by Crippen LogP contribution is 2.35. The van der Waals surface area contributed by atoms with Gasteiger partial charge in [0, 0.05) is 13.7 Å². The minimum Gasteiger partial charge on any atom is -0.493 e. The minimum atomic E-state index is -0.192. The van der Waals surface area contributed by atoms with E-state index in [-0.39, 0.29) is 17.6 Å². The van der Waals surface area contributed by atoms with Crippen molar-refractivity contribution >= 4 is 0 Å². The molecular weight excluding hydrogens is 244 g/mol. The number of nitrogens with two attached hydrogens (primary N) is 1. The van der Waals surface area contributed by atoms with E-state index in [9.17, 15) is 0 Å². The number of hydrogen-bond donors (Lipinski definition) is 2. The zero-order valence-electron chi connectivity index (χ0n) is 12.7. The van der Waals surface area contributed by atoms with E-state index < -0.39 is 0 Å². The van der Waals surface area contributed by atoms with E-state index in [4.69, 9.17) is 15.3 Å². The van der Waals surface area contributed by atoms with E-state index in [1.807, 2.05) is 14.0 Å². The normalized spacial score (nSPS) is 15.3. The molecule has 0 aromatic carbocycles. The van der Waals surface area contributed by atoms with Crippen molar-refractivity contribution in [1.29, 1.82) is 0 Å². The van der Waals surface area contributed by atoms with E-state index >= 15 is 0 Å². The van der Waals surface area contributed by atoms with Gasteiger partial charge < -0.3 is 9.47 Å². The van der Waals surface area contributed by atoms with Gasteiger partial charge in [-0.3, -0.25) is 10.5 Å². The monoisotopic (exact) mass is 270 g/mol. The molecule has 0 saturated carbocycles. The molecule has 0 saturated heterocycles. The molecule has 0 radical (unpaired) electrons. The third kappa shape index (κ3) is 3.46. The van der Waals surface area contributed by atoms with Gasteiger partial charge in [0.2, 0.25) is 0 Å². The van der Waals surface area contributed by atoms with Gasteiger partial charge in [0.1, 0.15) is 5.69 Å². The number of hydrazine groups is 1. The first-order valence-corrected chi connectivity index (χ1v) is 6.50. The summed E-state index contributed by atoms with van der Waals surface area (Å²) in [5.74, 6) is 6.47. The third-order valence-electron chi connectivity index (χ3n) is 3.15. The van der Waals surface area contributed by atoms with Gasteiger partial charge in [0.15, 0.2) is 5.75 Å². The van der Waals surface area contributed by atoms with Crippen LogP contribution >= 0.6 is 0 Å². The Kier molecular flexibility index (Phi) is 5.34. The van der Waals surface area contributed by atoms with Gasteiger partial charge in [-0.25, -0.2) is 5.43 Å². The number of nitrogens with one attached hydrogen (secondary N) is 1. The van der Waals surface area contributed by atoms with Crippen molar-refractivity contribution in [3.63, 3.8) is 0 Å². The topological polar surface area (TPSA) is 74.3 Å². The van der Waals surface area contributed by atoms with Crippen molar-refractivity contribution in [3.05, 3.63) is 11.9 Å². The number of hydrogen-bond acceptors (Lipinski definition) is 5. The van der Waals surface area contributed by atoms with Crippen LogP contribution in [0.25, 0.3) is 0 Å². The molecule has 0 amide bonds. The second-order valence-corrected chi connectivity index (χ2v) is 5.61. The first-order chi connectivity index (χ1) is 8.86.